The van der Waals surface area contributed by atoms with Crippen LogP contribution >= 0.6 is 0 Å². The van der Waals surface area contributed by atoms with Gasteiger partial charge in [-0.1, -0.05) is 5.11 Å². The maximum atomic E-state index is 10.2. The Morgan fingerprint density at radius 1 is 1.20 bits per heavy atom. The molecule has 0 atom stereocenters. The number of hydrogen-bond donors (Lipinski definition) is 1. The van der Waals surface area contributed by atoms with Crippen molar-refractivity contribution in [2.75, 3.05) is 38.7 Å². The molecular weight excluding hydrogens is 226 g/mol. The molecule has 0 aromatic rings. The molecule has 0 saturated carbocycles. The van der Waals surface area contributed by atoms with Crippen molar-refractivity contribution >= 4 is 10.1 Å². The standard InChI is InChI=1S/C6H13N3O5S/c7-9-8-1-2-13-3-4-14-5-6-15(10,11)12/h1-6H2,(H,10,11,12). The van der Waals surface area contributed by atoms with E-state index in [0.29, 0.717) is 6.61 Å². The van der Waals surface area contributed by atoms with Crippen molar-refractivity contribution in [1.82, 2.24) is 0 Å². The molecule has 0 aromatic carbocycles. The van der Waals surface area contributed by atoms with Crippen molar-refractivity contribution in [2.45, 2.75) is 0 Å². The van der Waals surface area contributed by atoms with Crippen molar-refractivity contribution < 1.29 is 22.4 Å². The number of rotatable bonds is 9. The molecule has 0 heterocycles. The van der Waals surface area contributed by atoms with E-state index in [0.717, 1.165) is 0 Å². The first-order chi connectivity index (χ1) is 7.06. The second-order valence-electron chi connectivity index (χ2n) is 2.47. The van der Waals surface area contributed by atoms with Gasteiger partial charge in [0, 0.05) is 11.5 Å². The molecule has 0 bridgehead atoms. The third-order valence-corrected chi connectivity index (χ3v) is 1.94. The molecule has 0 unspecified atom stereocenters. The van der Waals surface area contributed by atoms with E-state index in [-0.39, 0.29) is 26.4 Å². The summed E-state index contributed by atoms with van der Waals surface area (Å²) >= 11 is 0. The van der Waals surface area contributed by atoms with Gasteiger partial charge in [0.2, 0.25) is 0 Å². The lowest BCUT2D eigenvalue weighted by Gasteiger charge is -2.03. The fraction of sp³-hybridized carbons (Fsp3) is 1.00. The Labute approximate surface area is 87.6 Å². The minimum absolute atomic E-state index is 0.0709. The van der Waals surface area contributed by atoms with Crippen molar-refractivity contribution in [2.24, 2.45) is 5.11 Å². The van der Waals surface area contributed by atoms with E-state index in [9.17, 15) is 8.42 Å². The molecule has 88 valence electrons. The van der Waals surface area contributed by atoms with Crippen molar-refractivity contribution in [1.29, 1.82) is 0 Å². The van der Waals surface area contributed by atoms with Crippen LogP contribution < -0.4 is 0 Å². The summed E-state index contributed by atoms with van der Waals surface area (Å²) in [5.74, 6) is -0.425. The van der Waals surface area contributed by atoms with E-state index >= 15 is 0 Å². The average Bonchev–Trinajstić information content (AvgIpc) is 2.14. The zero-order chi connectivity index (χ0) is 11.6. The minimum Gasteiger partial charge on any atom is -0.379 e. The van der Waals surface area contributed by atoms with Crippen LogP contribution in [0.3, 0.4) is 0 Å². The molecule has 0 radical (unpaired) electrons. The lowest BCUT2D eigenvalue weighted by Crippen LogP contribution is -2.13. The number of nitrogens with zero attached hydrogens (tertiary/aromatic N) is 3. The Morgan fingerprint density at radius 2 is 1.80 bits per heavy atom. The van der Waals surface area contributed by atoms with Crippen LogP contribution in [0.4, 0.5) is 0 Å². The molecule has 0 amide bonds. The van der Waals surface area contributed by atoms with Gasteiger partial charge in [-0.2, -0.15) is 8.42 Å². The number of azide groups is 1. The zero-order valence-corrected chi connectivity index (χ0v) is 8.89. The average molecular weight is 239 g/mol. The monoisotopic (exact) mass is 239 g/mol. The third-order valence-electron chi connectivity index (χ3n) is 1.26. The Kier molecular flexibility index (Phi) is 7.96. The van der Waals surface area contributed by atoms with Gasteiger partial charge in [-0.3, -0.25) is 4.55 Å². The first-order valence-corrected chi connectivity index (χ1v) is 5.78. The van der Waals surface area contributed by atoms with Gasteiger partial charge in [-0.25, -0.2) is 0 Å². The summed E-state index contributed by atoms with van der Waals surface area (Å²) in [7, 11) is -3.95. The molecule has 0 rings (SSSR count). The van der Waals surface area contributed by atoms with Crippen molar-refractivity contribution in [3.05, 3.63) is 10.4 Å². The van der Waals surface area contributed by atoms with E-state index < -0.39 is 15.9 Å². The van der Waals surface area contributed by atoms with Gasteiger partial charge >= 0.3 is 0 Å². The van der Waals surface area contributed by atoms with E-state index in [1.165, 1.54) is 0 Å². The summed E-state index contributed by atoms with van der Waals surface area (Å²) in [6.45, 7) is 0.990. The molecule has 1 N–H and O–H groups in total. The van der Waals surface area contributed by atoms with Crippen molar-refractivity contribution in [3.63, 3.8) is 0 Å². The molecule has 0 aliphatic heterocycles. The van der Waals surface area contributed by atoms with Gasteiger partial charge in [0.15, 0.2) is 0 Å². The van der Waals surface area contributed by atoms with Gasteiger partial charge in [0.25, 0.3) is 10.1 Å². The van der Waals surface area contributed by atoms with E-state index in [1.54, 1.807) is 0 Å². The fourth-order valence-electron chi connectivity index (χ4n) is 0.636. The first-order valence-electron chi connectivity index (χ1n) is 4.18. The smallest absolute Gasteiger partial charge is 0.267 e. The molecule has 0 spiro atoms. The second-order valence-corrected chi connectivity index (χ2v) is 4.04. The summed E-state index contributed by atoms with van der Waals surface area (Å²) in [4.78, 5) is 2.53. The molecule has 15 heavy (non-hydrogen) atoms. The molecule has 8 nitrogen and oxygen atoms in total. The van der Waals surface area contributed by atoms with Crippen molar-refractivity contribution in [3.8, 4) is 0 Å². The molecule has 0 fully saturated rings. The van der Waals surface area contributed by atoms with E-state index in [4.69, 9.17) is 19.6 Å². The first kappa shape index (κ1) is 14.1. The fourth-order valence-corrected chi connectivity index (χ4v) is 0.965. The molecule has 0 aliphatic rings. The highest BCUT2D eigenvalue weighted by Crippen LogP contribution is 1.84. The minimum atomic E-state index is -3.95. The van der Waals surface area contributed by atoms with Gasteiger partial charge in [-0.05, 0) is 5.53 Å². The normalized spacial score (nSPS) is 11.0. The highest BCUT2D eigenvalue weighted by atomic mass is 32.2. The maximum Gasteiger partial charge on any atom is 0.267 e. The maximum absolute atomic E-state index is 10.2. The van der Waals surface area contributed by atoms with Crippen LogP contribution in [0.15, 0.2) is 5.11 Å². The molecule has 9 heteroatoms. The highest BCUT2D eigenvalue weighted by Gasteiger charge is 2.02. The largest absolute Gasteiger partial charge is 0.379 e. The van der Waals surface area contributed by atoms with Crippen LogP contribution in [-0.2, 0) is 19.6 Å². The van der Waals surface area contributed by atoms with Gasteiger partial charge < -0.3 is 9.47 Å². The number of hydrogen-bond acceptors (Lipinski definition) is 5. The van der Waals surface area contributed by atoms with Crippen LogP contribution in [0.1, 0.15) is 0 Å². The van der Waals surface area contributed by atoms with E-state index in [1.807, 2.05) is 0 Å². The van der Waals surface area contributed by atoms with Crippen LogP contribution in [0.25, 0.3) is 10.4 Å². The SMILES string of the molecule is [N-]=[N+]=NCCOCCOCCS(=O)(=O)O. The lowest BCUT2D eigenvalue weighted by atomic mass is 10.7. The summed E-state index contributed by atoms with van der Waals surface area (Å²) in [5.41, 5.74) is 7.91. The van der Waals surface area contributed by atoms with Crippen LogP contribution in [0, 0.1) is 0 Å². The Morgan fingerprint density at radius 3 is 2.33 bits per heavy atom. The van der Waals surface area contributed by atoms with E-state index in [2.05, 4.69) is 10.0 Å². The highest BCUT2D eigenvalue weighted by molar-refractivity contribution is 7.85. The van der Waals surface area contributed by atoms with Gasteiger partial charge in [-0.15, -0.1) is 0 Å². The van der Waals surface area contributed by atoms with Crippen LogP contribution in [0.2, 0.25) is 0 Å². The lowest BCUT2D eigenvalue weighted by molar-refractivity contribution is 0.0564. The summed E-state index contributed by atoms with van der Waals surface area (Å²) < 4.78 is 38.6. The zero-order valence-electron chi connectivity index (χ0n) is 8.07. The quantitative estimate of drug-likeness (QED) is 0.203. The van der Waals surface area contributed by atoms with Crippen LogP contribution in [0.5, 0.6) is 0 Å². The number of ether oxygens (including phenoxy) is 2. The predicted octanol–water partition coefficient (Wildman–Crippen LogP) is 0.218. The third kappa shape index (κ3) is 13.1. The van der Waals surface area contributed by atoms with Gasteiger partial charge in [0.05, 0.1) is 32.2 Å². The molecule has 0 aromatic heterocycles. The summed E-state index contributed by atoms with van der Waals surface area (Å²) in [6.07, 6.45) is 0. The summed E-state index contributed by atoms with van der Waals surface area (Å²) in [6, 6.07) is 0. The topological polar surface area (TPSA) is 122 Å². The molecule has 0 aliphatic carbocycles. The Hall–Kier alpha value is -0.860. The Bertz CT molecular complexity index is 298. The van der Waals surface area contributed by atoms with Gasteiger partial charge in [0.1, 0.15) is 0 Å². The molecule has 0 saturated heterocycles. The predicted molar refractivity (Wildman–Crippen MR) is 52.1 cm³/mol. The molecular formula is C6H13N3O5S. The summed E-state index contributed by atoms with van der Waals surface area (Å²) in [5, 5.41) is 3.24. The second kappa shape index (κ2) is 8.45. The van der Waals surface area contributed by atoms with Crippen LogP contribution in [-0.4, -0.2) is 51.7 Å². The Balaban J connectivity index is 3.15.